The average molecular weight is 189 g/mol. The van der Waals surface area contributed by atoms with Crippen LogP contribution in [0.3, 0.4) is 0 Å². The lowest BCUT2D eigenvalue weighted by Crippen LogP contribution is -2.01. The fourth-order valence-corrected chi connectivity index (χ4v) is 1.37. The van der Waals surface area contributed by atoms with Crippen LogP contribution in [0.2, 0.25) is 0 Å². The highest BCUT2D eigenvalue weighted by atomic mass is 15.2. The predicted molar refractivity (Wildman–Crippen MR) is 55.6 cm³/mol. The Bertz CT molecular complexity index is 506. The Morgan fingerprint density at radius 1 is 1.07 bits per heavy atom. The Morgan fingerprint density at radius 3 is 2.50 bits per heavy atom. The van der Waals surface area contributed by atoms with E-state index in [1.54, 1.807) is 6.07 Å². The van der Waals surface area contributed by atoms with Crippen LogP contribution >= 0.6 is 0 Å². The van der Waals surface area contributed by atoms with Crippen LogP contribution in [-0.2, 0) is 0 Å². The van der Waals surface area contributed by atoms with Crippen molar-refractivity contribution in [2.24, 2.45) is 0 Å². The molecule has 0 saturated heterocycles. The van der Waals surface area contributed by atoms with Gasteiger partial charge in [0, 0.05) is 5.69 Å². The minimum Gasteiger partial charge on any atom is -0.398 e. The van der Waals surface area contributed by atoms with E-state index >= 15 is 0 Å². The van der Waals surface area contributed by atoms with E-state index in [0.29, 0.717) is 11.2 Å². The lowest BCUT2D eigenvalue weighted by molar-refractivity contribution is 1.03. The number of benzene rings is 1. The van der Waals surface area contributed by atoms with Gasteiger partial charge in [-0.1, -0.05) is 0 Å². The van der Waals surface area contributed by atoms with E-state index in [4.69, 9.17) is 11.5 Å². The maximum Gasteiger partial charge on any atom is 0.240 e. The van der Waals surface area contributed by atoms with Crippen molar-refractivity contribution in [1.82, 2.24) is 15.2 Å². The number of nitrogens with two attached hydrogens (primary N) is 2. The van der Waals surface area contributed by atoms with Crippen molar-refractivity contribution in [2.45, 2.75) is 13.8 Å². The first-order chi connectivity index (χ1) is 6.59. The van der Waals surface area contributed by atoms with Gasteiger partial charge in [-0.05, 0) is 31.0 Å². The second kappa shape index (κ2) is 2.80. The zero-order chi connectivity index (χ0) is 10.3. The summed E-state index contributed by atoms with van der Waals surface area (Å²) in [6.07, 6.45) is 0. The Balaban J connectivity index is 2.92. The fourth-order valence-electron chi connectivity index (χ4n) is 1.37. The van der Waals surface area contributed by atoms with Gasteiger partial charge in [0.05, 0.1) is 5.52 Å². The van der Waals surface area contributed by atoms with Gasteiger partial charge in [-0.15, -0.1) is 10.2 Å². The quantitative estimate of drug-likeness (QED) is 0.598. The monoisotopic (exact) mass is 189 g/mol. The molecule has 0 aliphatic carbocycles. The van der Waals surface area contributed by atoms with Crippen molar-refractivity contribution in [2.75, 3.05) is 11.5 Å². The number of anilines is 2. The molecular weight excluding hydrogens is 178 g/mol. The molecule has 0 aliphatic heterocycles. The molecule has 5 nitrogen and oxygen atoms in total. The summed E-state index contributed by atoms with van der Waals surface area (Å²) in [5.41, 5.74) is 15.4. The van der Waals surface area contributed by atoms with Crippen LogP contribution < -0.4 is 11.5 Å². The Morgan fingerprint density at radius 2 is 1.79 bits per heavy atom. The SMILES string of the molecule is Cc1c(N)cc2nnc(N)nc2c1C. The summed E-state index contributed by atoms with van der Waals surface area (Å²) in [5, 5.41) is 7.61. The number of aromatic nitrogens is 3. The van der Waals surface area contributed by atoms with Gasteiger partial charge in [0.15, 0.2) is 0 Å². The molecule has 0 amide bonds. The summed E-state index contributed by atoms with van der Waals surface area (Å²) in [6, 6.07) is 1.76. The standard InChI is InChI=1S/C9H11N5/c1-4-5(2)8-7(3-6(4)10)13-14-9(11)12-8/h3H,10H2,1-2H3,(H2,11,12,14). The van der Waals surface area contributed by atoms with Gasteiger partial charge < -0.3 is 11.5 Å². The first-order valence-electron chi connectivity index (χ1n) is 4.25. The lowest BCUT2D eigenvalue weighted by atomic mass is 10.1. The maximum absolute atomic E-state index is 5.80. The molecule has 2 rings (SSSR count). The second-order valence-corrected chi connectivity index (χ2v) is 3.25. The van der Waals surface area contributed by atoms with Gasteiger partial charge >= 0.3 is 0 Å². The molecule has 72 valence electrons. The van der Waals surface area contributed by atoms with E-state index in [9.17, 15) is 0 Å². The summed E-state index contributed by atoms with van der Waals surface area (Å²) in [6.45, 7) is 3.89. The lowest BCUT2D eigenvalue weighted by Gasteiger charge is -2.07. The Labute approximate surface area is 81.2 Å². The molecule has 14 heavy (non-hydrogen) atoms. The molecule has 0 atom stereocenters. The van der Waals surface area contributed by atoms with Gasteiger partial charge in [0.1, 0.15) is 5.52 Å². The second-order valence-electron chi connectivity index (χ2n) is 3.25. The highest BCUT2D eigenvalue weighted by molar-refractivity contribution is 5.83. The van der Waals surface area contributed by atoms with E-state index in [1.807, 2.05) is 13.8 Å². The third-order valence-electron chi connectivity index (χ3n) is 2.37. The average Bonchev–Trinajstić information content (AvgIpc) is 2.16. The normalized spacial score (nSPS) is 10.7. The molecule has 0 radical (unpaired) electrons. The van der Waals surface area contributed by atoms with Crippen molar-refractivity contribution in [3.63, 3.8) is 0 Å². The van der Waals surface area contributed by atoms with Crippen LogP contribution in [0.4, 0.5) is 11.6 Å². The van der Waals surface area contributed by atoms with E-state index in [-0.39, 0.29) is 5.95 Å². The minimum absolute atomic E-state index is 0.185. The molecule has 1 aromatic carbocycles. The highest BCUT2D eigenvalue weighted by Gasteiger charge is 2.07. The van der Waals surface area contributed by atoms with Gasteiger partial charge in [-0.3, -0.25) is 0 Å². The van der Waals surface area contributed by atoms with Crippen molar-refractivity contribution in [3.8, 4) is 0 Å². The van der Waals surface area contributed by atoms with Crippen LogP contribution in [-0.4, -0.2) is 15.2 Å². The molecule has 2 aromatic rings. The van der Waals surface area contributed by atoms with Crippen molar-refractivity contribution in [3.05, 3.63) is 17.2 Å². The third-order valence-corrected chi connectivity index (χ3v) is 2.37. The summed E-state index contributed by atoms with van der Waals surface area (Å²) >= 11 is 0. The van der Waals surface area contributed by atoms with Crippen molar-refractivity contribution >= 4 is 22.7 Å². The molecule has 1 aromatic heterocycles. The molecule has 0 bridgehead atoms. The summed E-state index contributed by atoms with van der Waals surface area (Å²) in [5.74, 6) is 0.185. The van der Waals surface area contributed by atoms with Crippen LogP contribution in [0.5, 0.6) is 0 Å². The molecule has 0 fully saturated rings. The number of hydrogen-bond acceptors (Lipinski definition) is 5. The molecule has 4 N–H and O–H groups in total. The van der Waals surface area contributed by atoms with Gasteiger partial charge in [-0.2, -0.15) is 0 Å². The number of fused-ring (bicyclic) bond motifs is 1. The molecule has 1 heterocycles. The fraction of sp³-hybridized carbons (Fsp3) is 0.222. The molecule has 0 spiro atoms. The van der Waals surface area contributed by atoms with Crippen LogP contribution in [0, 0.1) is 13.8 Å². The number of hydrogen-bond donors (Lipinski definition) is 2. The van der Waals surface area contributed by atoms with E-state index in [2.05, 4.69) is 15.2 Å². The number of nitrogen functional groups attached to an aromatic ring is 2. The molecule has 0 aliphatic rings. The maximum atomic E-state index is 5.80. The summed E-state index contributed by atoms with van der Waals surface area (Å²) < 4.78 is 0. The molecular formula is C9H11N5. The van der Waals surface area contributed by atoms with E-state index in [1.165, 1.54) is 0 Å². The topological polar surface area (TPSA) is 90.7 Å². The Hall–Kier alpha value is -1.91. The Kier molecular flexibility index (Phi) is 1.73. The van der Waals surface area contributed by atoms with Crippen LogP contribution in [0.25, 0.3) is 11.0 Å². The van der Waals surface area contributed by atoms with Crippen molar-refractivity contribution < 1.29 is 0 Å². The van der Waals surface area contributed by atoms with Gasteiger partial charge in [0.2, 0.25) is 5.95 Å². The smallest absolute Gasteiger partial charge is 0.240 e. The summed E-state index contributed by atoms with van der Waals surface area (Å²) in [4.78, 5) is 4.13. The first-order valence-corrected chi connectivity index (χ1v) is 4.25. The van der Waals surface area contributed by atoms with Gasteiger partial charge in [-0.25, -0.2) is 4.98 Å². The highest BCUT2D eigenvalue weighted by Crippen LogP contribution is 2.23. The zero-order valence-corrected chi connectivity index (χ0v) is 8.07. The number of nitrogens with zero attached hydrogens (tertiary/aromatic N) is 3. The molecule has 5 heteroatoms. The van der Waals surface area contributed by atoms with E-state index < -0.39 is 0 Å². The first kappa shape index (κ1) is 8.68. The third kappa shape index (κ3) is 1.14. The largest absolute Gasteiger partial charge is 0.398 e. The van der Waals surface area contributed by atoms with Crippen LogP contribution in [0.1, 0.15) is 11.1 Å². The molecule has 0 saturated carbocycles. The predicted octanol–water partition coefficient (Wildman–Crippen LogP) is 0.806. The summed E-state index contributed by atoms with van der Waals surface area (Å²) in [7, 11) is 0. The van der Waals surface area contributed by atoms with Crippen LogP contribution in [0.15, 0.2) is 6.07 Å². The van der Waals surface area contributed by atoms with E-state index in [0.717, 1.165) is 16.6 Å². The zero-order valence-electron chi connectivity index (χ0n) is 8.07. The minimum atomic E-state index is 0.185. The van der Waals surface area contributed by atoms with Crippen molar-refractivity contribution in [1.29, 1.82) is 0 Å². The van der Waals surface area contributed by atoms with Gasteiger partial charge in [0.25, 0.3) is 0 Å². The number of aryl methyl sites for hydroxylation is 1. The molecule has 0 unspecified atom stereocenters. The number of rotatable bonds is 0.